The van der Waals surface area contributed by atoms with Crippen molar-refractivity contribution in [2.75, 3.05) is 11.3 Å². The molecule has 0 saturated carbocycles. The minimum atomic E-state index is -3.69. The van der Waals surface area contributed by atoms with Gasteiger partial charge in [-0.1, -0.05) is 17.7 Å². The number of benzene rings is 1. The monoisotopic (exact) mass is 315 g/mol. The average molecular weight is 316 g/mol. The molecule has 108 valence electrons. The lowest BCUT2D eigenvalue weighted by molar-refractivity contribution is 0.277. The number of hydrogen-bond donors (Lipinski definition) is 2. The Morgan fingerprint density at radius 2 is 2.20 bits per heavy atom. The largest absolute Gasteiger partial charge is 0.396 e. The first-order valence-corrected chi connectivity index (χ1v) is 7.79. The van der Waals surface area contributed by atoms with Gasteiger partial charge in [0.15, 0.2) is 0 Å². The lowest BCUT2D eigenvalue weighted by Gasteiger charge is -2.06. The van der Waals surface area contributed by atoms with Crippen LogP contribution in [-0.4, -0.2) is 29.9 Å². The molecule has 0 bridgehead atoms. The Bertz CT molecular complexity index is 685. The third kappa shape index (κ3) is 3.72. The van der Waals surface area contributed by atoms with Crippen molar-refractivity contribution in [1.82, 2.24) is 9.78 Å². The zero-order chi connectivity index (χ0) is 14.6. The van der Waals surface area contributed by atoms with E-state index in [1.165, 1.54) is 23.1 Å². The molecule has 1 aromatic heterocycles. The van der Waals surface area contributed by atoms with Gasteiger partial charge in [0.2, 0.25) is 0 Å². The van der Waals surface area contributed by atoms with Crippen LogP contribution in [-0.2, 0) is 16.6 Å². The Kier molecular flexibility index (Phi) is 4.64. The second-order valence-electron chi connectivity index (χ2n) is 4.13. The number of hydrogen-bond acceptors (Lipinski definition) is 4. The summed E-state index contributed by atoms with van der Waals surface area (Å²) < 4.78 is 28.2. The highest BCUT2D eigenvalue weighted by Crippen LogP contribution is 2.19. The van der Waals surface area contributed by atoms with Crippen LogP contribution in [0.4, 0.5) is 5.69 Å². The van der Waals surface area contributed by atoms with Gasteiger partial charge in [-0.25, -0.2) is 8.42 Å². The quantitative estimate of drug-likeness (QED) is 0.850. The maximum atomic E-state index is 12.1. The maximum absolute atomic E-state index is 12.1. The van der Waals surface area contributed by atoms with Crippen molar-refractivity contribution < 1.29 is 13.5 Å². The molecule has 0 aliphatic carbocycles. The summed E-state index contributed by atoms with van der Waals surface area (Å²) >= 11 is 5.81. The molecule has 0 unspecified atom stereocenters. The Balaban J connectivity index is 2.16. The minimum Gasteiger partial charge on any atom is -0.396 e. The number of nitrogens with one attached hydrogen (secondary N) is 1. The van der Waals surface area contributed by atoms with Gasteiger partial charge in [0.25, 0.3) is 10.0 Å². The van der Waals surface area contributed by atoms with Crippen LogP contribution in [0, 0.1) is 0 Å². The molecule has 2 rings (SSSR count). The number of anilines is 1. The highest BCUT2D eigenvalue weighted by atomic mass is 35.5. The molecule has 20 heavy (non-hydrogen) atoms. The molecule has 8 heteroatoms. The van der Waals surface area contributed by atoms with Gasteiger partial charge in [-0.2, -0.15) is 5.10 Å². The van der Waals surface area contributed by atoms with Gasteiger partial charge in [-0.05, 0) is 24.6 Å². The molecule has 0 radical (unpaired) electrons. The van der Waals surface area contributed by atoms with Crippen LogP contribution in [0.15, 0.2) is 41.6 Å². The van der Waals surface area contributed by atoms with E-state index in [0.717, 1.165) is 0 Å². The predicted molar refractivity (Wildman–Crippen MR) is 76.2 cm³/mol. The van der Waals surface area contributed by atoms with Crippen molar-refractivity contribution in [2.24, 2.45) is 0 Å². The van der Waals surface area contributed by atoms with E-state index in [4.69, 9.17) is 16.7 Å². The second kappa shape index (κ2) is 6.25. The number of sulfonamides is 1. The molecule has 0 aliphatic heterocycles. The molecule has 2 N–H and O–H groups in total. The molecule has 0 atom stereocenters. The van der Waals surface area contributed by atoms with E-state index in [-0.39, 0.29) is 11.5 Å². The predicted octanol–water partition coefficient (Wildman–Crippen LogP) is 1.72. The van der Waals surface area contributed by atoms with E-state index in [0.29, 0.717) is 23.7 Å². The lowest BCUT2D eigenvalue weighted by Crippen LogP contribution is -2.12. The Hall–Kier alpha value is -1.57. The van der Waals surface area contributed by atoms with E-state index >= 15 is 0 Å². The fraction of sp³-hybridized carbons (Fsp3) is 0.250. The topological polar surface area (TPSA) is 84.2 Å². The van der Waals surface area contributed by atoms with Crippen molar-refractivity contribution >= 4 is 27.3 Å². The highest BCUT2D eigenvalue weighted by Gasteiger charge is 2.16. The number of aliphatic hydroxyl groups is 1. The summed E-state index contributed by atoms with van der Waals surface area (Å²) in [5, 5.41) is 13.1. The minimum absolute atomic E-state index is 0.0305. The first kappa shape index (κ1) is 14.8. The summed E-state index contributed by atoms with van der Waals surface area (Å²) in [5.74, 6) is 0. The molecule has 0 spiro atoms. The fourth-order valence-electron chi connectivity index (χ4n) is 1.60. The summed E-state index contributed by atoms with van der Waals surface area (Å²) in [7, 11) is -3.69. The van der Waals surface area contributed by atoms with Crippen LogP contribution in [0.3, 0.4) is 0 Å². The number of aromatic nitrogens is 2. The molecule has 0 fully saturated rings. The lowest BCUT2D eigenvalue weighted by atomic mass is 10.3. The first-order chi connectivity index (χ1) is 9.51. The summed E-state index contributed by atoms with van der Waals surface area (Å²) in [6.07, 6.45) is 3.20. The van der Waals surface area contributed by atoms with Crippen LogP contribution in [0.5, 0.6) is 0 Å². The van der Waals surface area contributed by atoms with Gasteiger partial charge in [0.05, 0.1) is 11.9 Å². The number of nitrogens with zero attached hydrogens (tertiary/aromatic N) is 2. The van der Waals surface area contributed by atoms with Crippen LogP contribution >= 0.6 is 11.6 Å². The molecule has 2 aromatic rings. The summed E-state index contributed by atoms with van der Waals surface area (Å²) in [6.45, 7) is 0.492. The number of aliphatic hydroxyl groups excluding tert-OH is 1. The molecule has 1 aromatic carbocycles. The van der Waals surface area contributed by atoms with Gasteiger partial charge < -0.3 is 5.11 Å². The van der Waals surface area contributed by atoms with Crippen molar-refractivity contribution in [2.45, 2.75) is 17.9 Å². The smallest absolute Gasteiger partial charge is 0.265 e. The zero-order valence-corrected chi connectivity index (χ0v) is 12.1. The zero-order valence-electron chi connectivity index (χ0n) is 10.5. The Labute approximate surface area is 122 Å². The van der Waals surface area contributed by atoms with E-state index in [9.17, 15) is 8.42 Å². The van der Waals surface area contributed by atoms with Crippen LogP contribution < -0.4 is 4.72 Å². The summed E-state index contributed by atoms with van der Waals surface area (Å²) in [5.41, 5.74) is 0.389. The van der Waals surface area contributed by atoms with E-state index in [1.807, 2.05) is 0 Å². The third-order valence-corrected chi connectivity index (χ3v) is 4.11. The Morgan fingerprint density at radius 3 is 2.90 bits per heavy atom. The van der Waals surface area contributed by atoms with Gasteiger partial charge in [-0.15, -0.1) is 0 Å². The molecular formula is C12H14ClN3O3S. The highest BCUT2D eigenvalue weighted by molar-refractivity contribution is 7.92. The summed E-state index contributed by atoms with van der Waals surface area (Å²) in [6, 6.07) is 6.45. The van der Waals surface area contributed by atoms with Crippen molar-refractivity contribution in [3.8, 4) is 0 Å². The summed E-state index contributed by atoms with van der Waals surface area (Å²) in [4.78, 5) is 0.0652. The standard InChI is InChI=1S/C12H14ClN3O3S/c13-10-3-1-4-11(7-10)15-20(18,19)12-8-14-16(9-12)5-2-6-17/h1,3-4,7-9,15,17H,2,5-6H2. The maximum Gasteiger partial charge on any atom is 0.265 e. The number of aryl methyl sites for hydroxylation is 1. The van der Waals surface area contributed by atoms with Crippen LogP contribution in [0.1, 0.15) is 6.42 Å². The van der Waals surface area contributed by atoms with Crippen LogP contribution in [0.2, 0.25) is 5.02 Å². The molecule has 0 aliphatic rings. The average Bonchev–Trinajstić information content (AvgIpc) is 2.85. The number of rotatable bonds is 6. The molecule has 0 saturated heterocycles. The van der Waals surface area contributed by atoms with Gasteiger partial charge in [0, 0.05) is 24.4 Å². The first-order valence-electron chi connectivity index (χ1n) is 5.93. The fourth-order valence-corrected chi connectivity index (χ4v) is 2.80. The SMILES string of the molecule is O=S(=O)(Nc1cccc(Cl)c1)c1cnn(CCCO)c1. The third-order valence-electron chi connectivity index (χ3n) is 2.54. The molecular weight excluding hydrogens is 302 g/mol. The van der Waals surface area contributed by atoms with Crippen LogP contribution in [0.25, 0.3) is 0 Å². The van der Waals surface area contributed by atoms with Crippen molar-refractivity contribution in [1.29, 1.82) is 0 Å². The molecule has 0 amide bonds. The second-order valence-corrected chi connectivity index (χ2v) is 6.25. The van der Waals surface area contributed by atoms with Gasteiger partial charge in [-0.3, -0.25) is 9.40 Å². The van der Waals surface area contributed by atoms with Crippen molar-refractivity contribution in [3.05, 3.63) is 41.7 Å². The molecule has 1 heterocycles. The Morgan fingerprint density at radius 1 is 1.40 bits per heavy atom. The van der Waals surface area contributed by atoms with Gasteiger partial charge >= 0.3 is 0 Å². The van der Waals surface area contributed by atoms with E-state index in [1.54, 1.807) is 18.2 Å². The normalized spacial score (nSPS) is 11.5. The van der Waals surface area contributed by atoms with Crippen molar-refractivity contribution in [3.63, 3.8) is 0 Å². The van der Waals surface area contributed by atoms with E-state index < -0.39 is 10.0 Å². The number of halogens is 1. The molecule has 6 nitrogen and oxygen atoms in total. The van der Waals surface area contributed by atoms with Gasteiger partial charge in [0.1, 0.15) is 4.90 Å². The van der Waals surface area contributed by atoms with E-state index in [2.05, 4.69) is 9.82 Å².